The van der Waals surface area contributed by atoms with Crippen LogP contribution in [0, 0.1) is 11.8 Å². The van der Waals surface area contributed by atoms with E-state index in [1.807, 2.05) is 48.5 Å². The third kappa shape index (κ3) is 1.89. The monoisotopic (exact) mass is 352 g/mol. The van der Waals surface area contributed by atoms with Crippen LogP contribution >= 0.6 is 0 Å². The largest absolute Gasteiger partial charge is 0.469 e. The van der Waals surface area contributed by atoms with Gasteiger partial charge in [-0.15, -0.1) is 0 Å². The fraction of sp³-hybridized carbons (Fsp3) is 0.333. The van der Waals surface area contributed by atoms with E-state index in [9.17, 15) is 9.59 Å². The molecule has 0 radical (unpaired) electrons. The third-order valence-electron chi connectivity index (χ3n) is 5.84. The maximum Gasteiger partial charge on any atom is 0.312 e. The van der Waals surface area contributed by atoms with E-state index in [0.717, 1.165) is 22.3 Å². The van der Waals surface area contributed by atoms with E-state index in [0.29, 0.717) is 0 Å². The van der Waals surface area contributed by atoms with Gasteiger partial charge in [-0.25, -0.2) is 0 Å². The summed E-state index contributed by atoms with van der Waals surface area (Å²) in [6.45, 7) is 0. The van der Waals surface area contributed by atoms with Crippen LogP contribution in [0.1, 0.15) is 17.0 Å². The molecule has 1 fully saturated rings. The smallest absolute Gasteiger partial charge is 0.312 e. The first kappa shape index (κ1) is 16.8. The van der Waals surface area contributed by atoms with Crippen LogP contribution in [0.25, 0.3) is 11.1 Å². The van der Waals surface area contributed by atoms with Crippen LogP contribution in [0.5, 0.6) is 0 Å². The molecule has 2 aromatic rings. The van der Waals surface area contributed by atoms with Crippen molar-refractivity contribution in [3.8, 4) is 11.1 Å². The van der Waals surface area contributed by atoms with Crippen molar-refractivity contribution in [3.05, 3.63) is 59.7 Å². The van der Waals surface area contributed by atoms with E-state index in [4.69, 9.17) is 14.2 Å². The average molecular weight is 352 g/mol. The summed E-state index contributed by atoms with van der Waals surface area (Å²) >= 11 is 0. The molecule has 2 aromatic carbocycles. The third-order valence-corrected chi connectivity index (χ3v) is 5.84. The quantitative estimate of drug-likeness (QED) is 0.795. The van der Waals surface area contributed by atoms with Crippen molar-refractivity contribution >= 4 is 11.9 Å². The molecule has 4 rings (SSSR count). The molecule has 2 aliphatic carbocycles. The van der Waals surface area contributed by atoms with Crippen molar-refractivity contribution in [1.82, 2.24) is 0 Å². The van der Waals surface area contributed by atoms with Gasteiger partial charge in [0.1, 0.15) is 11.5 Å². The molecule has 5 heteroatoms. The Balaban J connectivity index is 2.02. The second kappa shape index (κ2) is 5.95. The van der Waals surface area contributed by atoms with E-state index >= 15 is 0 Å². The van der Waals surface area contributed by atoms with Gasteiger partial charge in [-0.2, -0.15) is 0 Å². The molecule has 0 aromatic heterocycles. The molecule has 26 heavy (non-hydrogen) atoms. The fourth-order valence-electron chi connectivity index (χ4n) is 4.85. The molecule has 1 saturated carbocycles. The highest BCUT2D eigenvalue weighted by Crippen LogP contribution is 2.67. The first-order valence-electron chi connectivity index (χ1n) is 8.51. The Morgan fingerprint density at radius 3 is 2.12 bits per heavy atom. The number of hydrogen-bond acceptors (Lipinski definition) is 5. The molecular weight excluding hydrogens is 332 g/mol. The number of esters is 2. The van der Waals surface area contributed by atoms with E-state index < -0.39 is 29.4 Å². The molecule has 134 valence electrons. The van der Waals surface area contributed by atoms with Gasteiger partial charge in [0.05, 0.1) is 20.1 Å². The lowest BCUT2D eigenvalue weighted by atomic mass is 9.46. The number of fused-ring (bicyclic) bond motifs is 6. The Morgan fingerprint density at radius 1 is 0.846 bits per heavy atom. The highest BCUT2D eigenvalue weighted by Gasteiger charge is 2.72. The van der Waals surface area contributed by atoms with Gasteiger partial charge in [0.2, 0.25) is 0 Å². The second-order valence-corrected chi connectivity index (χ2v) is 6.66. The Labute approximate surface area is 151 Å². The minimum atomic E-state index is -0.948. The molecular formula is C21H20O5. The maximum absolute atomic E-state index is 12.7. The zero-order chi connectivity index (χ0) is 18.5. The summed E-state index contributed by atoms with van der Waals surface area (Å²) in [5, 5.41) is 0. The summed E-state index contributed by atoms with van der Waals surface area (Å²) in [5.74, 6) is -2.61. The minimum Gasteiger partial charge on any atom is -0.469 e. The SMILES string of the molecule is COC(=O)[C@@H]1[C@@H](C(=O)OC)[C@@]2(OC)c3ccccc3-c3ccccc3[C@H]12. The topological polar surface area (TPSA) is 61.8 Å². The fourth-order valence-corrected chi connectivity index (χ4v) is 4.85. The summed E-state index contributed by atoms with van der Waals surface area (Å²) in [6.07, 6.45) is 0. The molecule has 0 spiro atoms. The van der Waals surface area contributed by atoms with Gasteiger partial charge in [0.25, 0.3) is 0 Å². The van der Waals surface area contributed by atoms with Crippen LogP contribution in [-0.4, -0.2) is 33.3 Å². The molecule has 0 amide bonds. The lowest BCUT2D eigenvalue weighted by Crippen LogP contribution is -2.66. The zero-order valence-electron chi connectivity index (χ0n) is 14.9. The second-order valence-electron chi connectivity index (χ2n) is 6.66. The van der Waals surface area contributed by atoms with Gasteiger partial charge >= 0.3 is 11.9 Å². The normalized spacial score (nSPS) is 28.0. The van der Waals surface area contributed by atoms with Gasteiger partial charge in [-0.1, -0.05) is 48.5 Å². The van der Waals surface area contributed by atoms with Gasteiger partial charge in [-0.3, -0.25) is 9.59 Å². The number of carbonyl (C=O) groups excluding carboxylic acids is 2. The predicted molar refractivity (Wildman–Crippen MR) is 94.3 cm³/mol. The van der Waals surface area contributed by atoms with Gasteiger partial charge in [0, 0.05) is 13.0 Å². The lowest BCUT2D eigenvalue weighted by Gasteiger charge is -2.60. The summed E-state index contributed by atoms with van der Waals surface area (Å²) in [4.78, 5) is 25.2. The van der Waals surface area contributed by atoms with Crippen molar-refractivity contribution in [2.45, 2.75) is 11.5 Å². The summed E-state index contributed by atoms with van der Waals surface area (Å²) in [7, 11) is 4.25. The minimum absolute atomic E-state index is 0.310. The Morgan fingerprint density at radius 2 is 1.46 bits per heavy atom. The highest BCUT2D eigenvalue weighted by molar-refractivity contribution is 5.91. The summed E-state index contributed by atoms with van der Waals surface area (Å²) < 4.78 is 16.1. The van der Waals surface area contributed by atoms with E-state index in [1.165, 1.54) is 14.2 Å². The maximum atomic E-state index is 12.7. The van der Waals surface area contributed by atoms with Crippen molar-refractivity contribution < 1.29 is 23.8 Å². The standard InChI is InChI=1S/C21H20O5/c1-24-19(22)16-17-14-10-5-4-8-12(14)13-9-6-7-11-15(13)21(17,26-3)18(16)20(23)25-2/h4-11,16-18H,1-3H3/t16-,17+,18-,21+/m0/s1. The highest BCUT2D eigenvalue weighted by atomic mass is 16.5. The Hall–Kier alpha value is -2.66. The zero-order valence-corrected chi connectivity index (χ0v) is 14.9. The molecule has 0 saturated heterocycles. The van der Waals surface area contributed by atoms with E-state index in [1.54, 1.807) is 7.11 Å². The van der Waals surface area contributed by atoms with Gasteiger partial charge in [0.15, 0.2) is 0 Å². The van der Waals surface area contributed by atoms with Gasteiger partial charge in [-0.05, 0) is 22.3 Å². The summed E-state index contributed by atoms with van der Waals surface area (Å²) in [5.41, 5.74) is 3.01. The Bertz CT molecular complexity index is 889. The van der Waals surface area contributed by atoms with Crippen molar-refractivity contribution in [3.63, 3.8) is 0 Å². The number of carbonyl (C=O) groups is 2. The number of hydrogen-bond donors (Lipinski definition) is 0. The van der Waals surface area contributed by atoms with Crippen molar-refractivity contribution in [2.24, 2.45) is 11.8 Å². The van der Waals surface area contributed by atoms with Crippen LogP contribution in [0.3, 0.4) is 0 Å². The molecule has 0 aliphatic heterocycles. The van der Waals surface area contributed by atoms with Gasteiger partial charge < -0.3 is 14.2 Å². The summed E-state index contributed by atoms with van der Waals surface area (Å²) in [6, 6.07) is 15.8. The van der Waals surface area contributed by atoms with E-state index in [2.05, 4.69) is 0 Å². The van der Waals surface area contributed by atoms with Crippen LogP contribution in [0.15, 0.2) is 48.5 Å². The van der Waals surface area contributed by atoms with Crippen LogP contribution in [0.4, 0.5) is 0 Å². The van der Waals surface area contributed by atoms with Crippen molar-refractivity contribution in [1.29, 1.82) is 0 Å². The Kier molecular flexibility index (Phi) is 3.84. The van der Waals surface area contributed by atoms with Crippen molar-refractivity contribution in [2.75, 3.05) is 21.3 Å². The van der Waals surface area contributed by atoms with Crippen LogP contribution in [-0.2, 0) is 29.4 Å². The number of benzene rings is 2. The van der Waals surface area contributed by atoms with E-state index in [-0.39, 0.29) is 5.92 Å². The first-order valence-corrected chi connectivity index (χ1v) is 8.51. The molecule has 0 N–H and O–H groups in total. The molecule has 0 bridgehead atoms. The lowest BCUT2D eigenvalue weighted by molar-refractivity contribution is -0.220. The van der Waals surface area contributed by atoms with Crippen LogP contribution in [0.2, 0.25) is 0 Å². The molecule has 4 atom stereocenters. The number of rotatable bonds is 3. The number of methoxy groups -OCH3 is 3. The molecule has 0 unspecified atom stereocenters. The molecule has 2 aliphatic rings. The predicted octanol–water partition coefficient (Wildman–Crippen LogP) is 2.88. The molecule has 5 nitrogen and oxygen atoms in total. The van der Waals surface area contributed by atoms with Crippen LogP contribution < -0.4 is 0 Å². The number of ether oxygens (including phenoxy) is 3. The molecule has 0 heterocycles. The average Bonchev–Trinajstić information content (AvgIpc) is 2.68. The first-order chi connectivity index (χ1) is 12.6.